The van der Waals surface area contributed by atoms with E-state index < -0.39 is 10.0 Å². The molecule has 0 bridgehead atoms. The van der Waals surface area contributed by atoms with Crippen molar-refractivity contribution in [2.75, 3.05) is 10.0 Å². The van der Waals surface area contributed by atoms with Crippen LogP contribution in [-0.2, 0) is 10.0 Å². The van der Waals surface area contributed by atoms with Crippen LogP contribution in [0, 0.1) is 27.7 Å². The van der Waals surface area contributed by atoms with Gasteiger partial charge in [-0.2, -0.15) is 0 Å². The van der Waals surface area contributed by atoms with Gasteiger partial charge in [0.2, 0.25) is 0 Å². The SMILES string of the molecule is Cc1ccc(NS(=O)(=O)c2cc(C(=O)Nc3c(C)cccc3C(C)C)ccc2C)cc1C. The number of hydrogen-bond donors (Lipinski definition) is 2. The van der Waals surface area contributed by atoms with E-state index >= 15 is 0 Å². The maximum Gasteiger partial charge on any atom is 0.262 e. The molecule has 3 aromatic rings. The third-order valence-corrected chi connectivity index (χ3v) is 7.19. The van der Waals surface area contributed by atoms with Crippen LogP contribution < -0.4 is 10.0 Å². The lowest BCUT2D eigenvalue weighted by Gasteiger charge is -2.17. The Morgan fingerprint density at radius 3 is 2.16 bits per heavy atom. The standard InChI is InChI=1S/C26H30N2O3S/c1-16(2)23-9-7-8-19(5)25(23)27-26(29)21-12-10-18(4)24(15-21)32(30,31)28-22-13-11-17(3)20(6)14-22/h7-16,28H,1-6H3,(H,27,29). The van der Waals surface area contributed by atoms with Gasteiger partial charge < -0.3 is 5.32 Å². The summed E-state index contributed by atoms with van der Waals surface area (Å²) in [6, 6.07) is 16.0. The Hall–Kier alpha value is -3.12. The zero-order valence-corrected chi connectivity index (χ0v) is 20.2. The van der Waals surface area contributed by atoms with Crippen molar-refractivity contribution in [3.05, 3.63) is 88.0 Å². The highest BCUT2D eigenvalue weighted by molar-refractivity contribution is 7.92. The number of para-hydroxylation sites is 1. The van der Waals surface area contributed by atoms with Crippen LogP contribution >= 0.6 is 0 Å². The summed E-state index contributed by atoms with van der Waals surface area (Å²) in [6.45, 7) is 11.7. The molecule has 3 rings (SSSR count). The van der Waals surface area contributed by atoms with E-state index in [0.717, 1.165) is 27.9 Å². The molecule has 3 aromatic carbocycles. The lowest BCUT2D eigenvalue weighted by molar-refractivity contribution is 0.102. The molecule has 0 aliphatic carbocycles. The first kappa shape index (κ1) is 23.5. The highest BCUT2D eigenvalue weighted by Crippen LogP contribution is 2.28. The molecule has 0 aliphatic rings. The van der Waals surface area contributed by atoms with E-state index in [4.69, 9.17) is 0 Å². The topological polar surface area (TPSA) is 75.3 Å². The summed E-state index contributed by atoms with van der Waals surface area (Å²) in [5.74, 6) is -0.106. The van der Waals surface area contributed by atoms with E-state index in [-0.39, 0.29) is 22.3 Å². The van der Waals surface area contributed by atoms with Crippen molar-refractivity contribution >= 4 is 27.3 Å². The number of aryl methyl sites for hydroxylation is 4. The number of anilines is 2. The molecule has 2 N–H and O–H groups in total. The van der Waals surface area contributed by atoms with Crippen molar-refractivity contribution in [2.45, 2.75) is 52.4 Å². The number of benzene rings is 3. The zero-order valence-electron chi connectivity index (χ0n) is 19.4. The predicted octanol–water partition coefficient (Wildman–Crippen LogP) is 6.10. The number of amides is 1. The molecule has 1 amide bonds. The van der Waals surface area contributed by atoms with Crippen molar-refractivity contribution in [3.63, 3.8) is 0 Å². The van der Waals surface area contributed by atoms with Crippen LogP contribution in [0.5, 0.6) is 0 Å². The summed E-state index contributed by atoms with van der Waals surface area (Å²) in [5.41, 5.74) is 6.19. The van der Waals surface area contributed by atoms with E-state index in [2.05, 4.69) is 23.9 Å². The summed E-state index contributed by atoms with van der Waals surface area (Å²) in [5, 5.41) is 2.98. The molecular formula is C26H30N2O3S. The fourth-order valence-corrected chi connectivity index (χ4v) is 4.90. The van der Waals surface area contributed by atoms with Crippen molar-refractivity contribution in [1.29, 1.82) is 0 Å². The lowest BCUT2D eigenvalue weighted by Crippen LogP contribution is -2.18. The molecule has 0 unspecified atom stereocenters. The van der Waals surface area contributed by atoms with Crippen LogP contribution in [0.3, 0.4) is 0 Å². The average Bonchev–Trinajstić information content (AvgIpc) is 2.72. The normalized spacial score (nSPS) is 11.5. The molecule has 5 nitrogen and oxygen atoms in total. The minimum atomic E-state index is -3.86. The lowest BCUT2D eigenvalue weighted by atomic mass is 9.98. The Balaban J connectivity index is 1.93. The minimum absolute atomic E-state index is 0.0808. The van der Waals surface area contributed by atoms with Crippen LogP contribution in [0.25, 0.3) is 0 Å². The van der Waals surface area contributed by atoms with Gasteiger partial charge in [0.15, 0.2) is 0 Å². The van der Waals surface area contributed by atoms with Gasteiger partial charge in [-0.3, -0.25) is 9.52 Å². The Labute approximate surface area is 190 Å². The molecule has 0 fully saturated rings. The van der Waals surface area contributed by atoms with Crippen molar-refractivity contribution in [2.24, 2.45) is 0 Å². The second kappa shape index (κ2) is 9.17. The number of sulfonamides is 1. The van der Waals surface area contributed by atoms with Crippen molar-refractivity contribution in [1.82, 2.24) is 0 Å². The fourth-order valence-electron chi connectivity index (χ4n) is 3.57. The van der Waals surface area contributed by atoms with Crippen LogP contribution in [0.1, 0.15) is 57.9 Å². The van der Waals surface area contributed by atoms with Gasteiger partial charge in [0.1, 0.15) is 0 Å². The molecular weight excluding hydrogens is 420 g/mol. The Morgan fingerprint density at radius 1 is 0.812 bits per heavy atom. The monoisotopic (exact) mass is 450 g/mol. The molecule has 0 aromatic heterocycles. The van der Waals surface area contributed by atoms with Crippen LogP contribution in [-0.4, -0.2) is 14.3 Å². The van der Waals surface area contributed by atoms with E-state index in [0.29, 0.717) is 11.3 Å². The Morgan fingerprint density at radius 2 is 1.50 bits per heavy atom. The Bertz CT molecular complexity index is 1280. The number of rotatable bonds is 6. The van der Waals surface area contributed by atoms with Gasteiger partial charge in [0.05, 0.1) is 4.90 Å². The maximum atomic E-state index is 13.1. The predicted molar refractivity (Wildman–Crippen MR) is 131 cm³/mol. The van der Waals surface area contributed by atoms with Crippen LogP contribution in [0.2, 0.25) is 0 Å². The minimum Gasteiger partial charge on any atom is -0.321 e. The van der Waals surface area contributed by atoms with Crippen LogP contribution in [0.4, 0.5) is 11.4 Å². The first-order valence-electron chi connectivity index (χ1n) is 10.6. The van der Waals surface area contributed by atoms with Gasteiger partial charge in [-0.15, -0.1) is 0 Å². The van der Waals surface area contributed by atoms with Gasteiger partial charge in [0, 0.05) is 16.9 Å². The van der Waals surface area contributed by atoms with Gasteiger partial charge in [-0.05, 0) is 85.7 Å². The van der Waals surface area contributed by atoms with Gasteiger partial charge in [0.25, 0.3) is 15.9 Å². The van der Waals surface area contributed by atoms with E-state index in [1.54, 1.807) is 31.2 Å². The number of hydrogen-bond acceptors (Lipinski definition) is 3. The second-order valence-corrected chi connectivity index (χ2v) is 10.2. The number of carbonyl (C=O) groups excluding carboxylic acids is 1. The maximum absolute atomic E-state index is 13.1. The molecule has 0 aliphatic heterocycles. The van der Waals surface area contributed by atoms with Gasteiger partial charge in [-0.1, -0.05) is 44.2 Å². The highest BCUT2D eigenvalue weighted by atomic mass is 32.2. The molecule has 168 valence electrons. The molecule has 0 radical (unpaired) electrons. The zero-order chi connectivity index (χ0) is 23.6. The quantitative estimate of drug-likeness (QED) is 0.477. The third kappa shape index (κ3) is 5.02. The Kier molecular flexibility index (Phi) is 6.74. The van der Waals surface area contributed by atoms with Crippen molar-refractivity contribution in [3.8, 4) is 0 Å². The highest BCUT2D eigenvalue weighted by Gasteiger charge is 2.21. The van der Waals surface area contributed by atoms with E-state index in [9.17, 15) is 13.2 Å². The van der Waals surface area contributed by atoms with Crippen LogP contribution in [0.15, 0.2) is 59.5 Å². The smallest absolute Gasteiger partial charge is 0.262 e. The number of nitrogens with one attached hydrogen (secondary N) is 2. The van der Waals surface area contributed by atoms with E-state index in [1.807, 2.05) is 45.0 Å². The molecule has 6 heteroatoms. The van der Waals surface area contributed by atoms with Crippen molar-refractivity contribution < 1.29 is 13.2 Å². The number of carbonyl (C=O) groups is 1. The largest absolute Gasteiger partial charge is 0.321 e. The molecule has 0 spiro atoms. The summed E-state index contributed by atoms with van der Waals surface area (Å²) >= 11 is 0. The van der Waals surface area contributed by atoms with Gasteiger partial charge in [-0.25, -0.2) is 8.42 Å². The average molecular weight is 451 g/mol. The molecule has 0 saturated carbocycles. The van der Waals surface area contributed by atoms with Gasteiger partial charge >= 0.3 is 0 Å². The molecule has 32 heavy (non-hydrogen) atoms. The summed E-state index contributed by atoms with van der Waals surface area (Å²) in [4.78, 5) is 13.1. The summed E-state index contributed by atoms with van der Waals surface area (Å²) in [7, 11) is -3.86. The summed E-state index contributed by atoms with van der Waals surface area (Å²) < 4.78 is 28.8. The first-order valence-corrected chi connectivity index (χ1v) is 12.1. The second-order valence-electron chi connectivity index (χ2n) is 8.53. The summed E-state index contributed by atoms with van der Waals surface area (Å²) in [6.07, 6.45) is 0. The third-order valence-electron chi connectivity index (χ3n) is 5.66. The molecule has 0 heterocycles. The molecule has 0 saturated heterocycles. The van der Waals surface area contributed by atoms with E-state index in [1.165, 1.54) is 6.07 Å². The first-order chi connectivity index (χ1) is 15.0. The fraction of sp³-hybridized carbons (Fsp3) is 0.269. The molecule has 0 atom stereocenters.